The minimum Gasteiger partial charge on any atom is -0.481 e. The normalized spacial score (nSPS) is 10.6. The highest BCUT2D eigenvalue weighted by Gasteiger charge is 2.16. The molecule has 9 heteroatoms. The molecule has 4 aromatic heterocycles. The van der Waals surface area contributed by atoms with Crippen LogP contribution in [-0.2, 0) is 0 Å². The van der Waals surface area contributed by atoms with Gasteiger partial charge in [0.05, 0.1) is 31.3 Å². The van der Waals surface area contributed by atoms with Crippen molar-refractivity contribution in [2.75, 3.05) is 12.4 Å². The summed E-state index contributed by atoms with van der Waals surface area (Å²) >= 11 is 0. The second kappa shape index (κ2) is 7.31. The summed E-state index contributed by atoms with van der Waals surface area (Å²) < 4.78 is 25.7. The summed E-state index contributed by atoms with van der Waals surface area (Å²) in [6.45, 7) is 0. The van der Waals surface area contributed by atoms with Crippen molar-refractivity contribution in [1.29, 1.82) is 0 Å². The Bertz CT molecular complexity index is 1160. The molecule has 0 saturated carbocycles. The number of halogens is 1. The van der Waals surface area contributed by atoms with Crippen LogP contribution in [0.15, 0.2) is 61.3 Å². The number of nitrogens with one attached hydrogen (secondary N) is 1. The topological polar surface area (TPSA) is 90.6 Å². The van der Waals surface area contributed by atoms with E-state index >= 15 is 0 Å². The van der Waals surface area contributed by atoms with Gasteiger partial charge in [-0.05, 0) is 12.1 Å². The van der Waals surface area contributed by atoms with Crippen LogP contribution in [0.4, 0.5) is 10.2 Å². The summed E-state index contributed by atoms with van der Waals surface area (Å²) in [5, 5.41) is 2.70. The van der Waals surface area contributed by atoms with Gasteiger partial charge in [-0.3, -0.25) is 9.78 Å². The fourth-order valence-electron chi connectivity index (χ4n) is 2.60. The number of ether oxygens (including phenoxy) is 2. The number of carbonyl (C=O) groups is 1. The molecule has 1 N–H and O–H groups in total. The van der Waals surface area contributed by atoms with Crippen LogP contribution in [0.2, 0.25) is 0 Å². The van der Waals surface area contributed by atoms with Gasteiger partial charge in [-0.2, -0.15) is 4.98 Å². The lowest BCUT2D eigenvalue weighted by Crippen LogP contribution is -2.14. The van der Waals surface area contributed by atoms with Crippen LogP contribution in [0.1, 0.15) is 10.4 Å². The second-order valence-electron chi connectivity index (χ2n) is 5.71. The van der Waals surface area contributed by atoms with Gasteiger partial charge in [0.2, 0.25) is 5.88 Å². The number of pyridine rings is 3. The van der Waals surface area contributed by atoms with Gasteiger partial charge in [-0.1, -0.05) is 6.07 Å². The van der Waals surface area contributed by atoms with Crippen LogP contribution in [0.5, 0.6) is 17.4 Å². The monoisotopic (exact) mass is 379 g/mol. The number of fused-ring (bicyclic) bond motifs is 1. The van der Waals surface area contributed by atoms with E-state index in [9.17, 15) is 9.18 Å². The van der Waals surface area contributed by atoms with Gasteiger partial charge >= 0.3 is 0 Å². The maximum atomic E-state index is 13.3. The third kappa shape index (κ3) is 3.58. The van der Waals surface area contributed by atoms with E-state index in [4.69, 9.17) is 9.47 Å². The molecule has 8 nitrogen and oxygen atoms in total. The molecule has 0 radical (unpaired) electrons. The molecule has 0 aliphatic carbocycles. The molecule has 0 fully saturated rings. The summed E-state index contributed by atoms with van der Waals surface area (Å²) in [7, 11) is 1.49. The van der Waals surface area contributed by atoms with Crippen molar-refractivity contribution >= 4 is 17.4 Å². The number of aromatic nitrogens is 4. The van der Waals surface area contributed by atoms with Gasteiger partial charge < -0.3 is 19.2 Å². The first kappa shape index (κ1) is 17.4. The average Bonchev–Trinajstić information content (AvgIpc) is 3.16. The zero-order valence-corrected chi connectivity index (χ0v) is 14.7. The van der Waals surface area contributed by atoms with Gasteiger partial charge in [0, 0.05) is 24.5 Å². The van der Waals surface area contributed by atoms with Crippen molar-refractivity contribution in [3.63, 3.8) is 0 Å². The molecule has 0 aliphatic heterocycles. The highest BCUT2D eigenvalue weighted by Crippen LogP contribution is 2.25. The van der Waals surface area contributed by atoms with Gasteiger partial charge in [0.15, 0.2) is 0 Å². The zero-order valence-electron chi connectivity index (χ0n) is 14.7. The number of hydrogen-bond donors (Lipinski definition) is 1. The van der Waals surface area contributed by atoms with E-state index < -0.39 is 11.7 Å². The Hall–Kier alpha value is -4.01. The molecule has 0 saturated heterocycles. The van der Waals surface area contributed by atoms with E-state index in [-0.39, 0.29) is 11.3 Å². The van der Waals surface area contributed by atoms with Crippen LogP contribution in [0, 0.1) is 5.82 Å². The molecule has 4 aromatic rings. The molecule has 140 valence electrons. The molecule has 4 heterocycles. The maximum Gasteiger partial charge on any atom is 0.260 e. The standard InChI is InChI=1S/C19H14FN5O3/c1-27-17-4-2-3-16(23-17)24-19(26)15-8-14(11-25-6-5-22-18(15)25)28-13-7-12(20)9-21-10-13/h2-11H,1H3,(H,23,24,26). The number of anilines is 1. The summed E-state index contributed by atoms with van der Waals surface area (Å²) in [5.74, 6) is 0.277. The predicted octanol–water partition coefficient (Wildman–Crippen LogP) is 3.32. The Morgan fingerprint density at radius 1 is 1.21 bits per heavy atom. The lowest BCUT2D eigenvalue weighted by Gasteiger charge is -2.10. The molecular weight excluding hydrogens is 365 g/mol. The third-order valence-corrected chi connectivity index (χ3v) is 3.80. The number of methoxy groups -OCH3 is 1. The maximum absolute atomic E-state index is 13.3. The first-order valence-corrected chi connectivity index (χ1v) is 8.20. The Kier molecular flexibility index (Phi) is 4.55. The lowest BCUT2D eigenvalue weighted by atomic mass is 10.2. The van der Waals surface area contributed by atoms with E-state index in [1.54, 1.807) is 41.2 Å². The van der Waals surface area contributed by atoms with Gasteiger partial charge in [0.1, 0.15) is 28.8 Å². The largest absolute Gasteiger partial charge is 0.481 e. The SMILES string of the molecule is COc1cccc(NC(=O)c2cc(Oc3cncc(F)c3)cn3ccnc23)n1. The summed E-state index contributed by atoms with van der Waals surface area (Å²) in [5.41, 5.74) is 0.696. The van der Waals surface area contributed by atoms with Crippen LogP contribution in [-0.4, -0.2) is 32.4 Å². The van der Waals surface area contributed by atoms with Crippen molar-refractivity contribution in [3.8, 4) is 17.4 Å². The number of amides is 1. The molecule has 0 bridgehead atoms. The van der Waals surface area contributed by atoms with E-state index in [1.807, 2.05) is 0 Å². The Balaban J connectivity index is 1.67. The highest BCUT2D eigenvalue weighted by atomic mass is 19.1. The van der Waals surface area contributed by atoms with Crippen molar-refractivity contribution in [1.82, 2.24) is 19.4 Å². The fourth-order valence-corrected chi connectivity index (χ4v) is 2.60. The number of rotatable bonds is 5. The van der Waals surface area contributed by atoms with Gasteiger partial charge in [0.25, 0.3) is 5.91 Å². The molecule has 1 amide bonds. The van der Waals surface area contributed by atoms with E-state index in [0.717, 1.165) is 6.20 Å². The second-order valence-corrected chi connectivity index (χ2v) is 5.71. The Morgan fingerprint density at radius 2 is 2.11 bits per heavy atom. The molecule has 0 atom stereocenters. The van der Waals surface area contributed by atoms with E-state index in [0.29, 0.717) is 23.1 Å². The molecule has 0 aliphatic rings. The van der Waals surface area contributed by atoms with Crippen LogP contribution in [0.3, 0.4) is 0 Å². The molecule has 0 spiro atoms. The minimum absolute atomic E-state index is 0.209. The number of imidazole rings is 1. The van der Waals surface area contributed by atoms with Crippen molar-refractivity contribution < 1.29 is 18.7 Å². The molecule has 0 unspecified atom stereocenters. The molecular formula is C19H14FN5O3. The summed E-state index contributed by atoms with van der Waals surface area (Å²) in [4.78, 5) is 24.9. The molecule has 0 aromatic carbocycles. The van der Waals surface area contributed by atoms with Crippen molar-refractivity contribution in [3.05, 3.63) is 72.7 Å². The van der Waals surface area contributed by atoms with Crippen LogP contribution < -0.4 is 14.8 Å². The lowest BCUT2D eigenvalue weighted by molar-refractivity contribution is 0.102. The Labute approximate surface area is 158 Å². The fraction of sp³-hybridized carbons (Fsp3) is 0.0526. The average molecular weight is 379 g/mol. The summed E-state index contributed by atoms with van der Waals surface area (Å²) in [6, 6.07) is 7.74. The number of hydrogen-bond acceptors (Lipinski definition) is 6. The third-order valence-electron chi connectivity index (χ3n) is 3.80. The van der Waals surface area contributed by atoms with Crippen molar-refractivity contribution in [2.24, 2.45) is 0 Å². The van der Waals surface area contributed by atoms with Gasteiger partial charge in [-0.25, -0.2) is 9.37 Å². The Morgan fingerprint density at radius 3 is 2.93 bits per heavy atom. The smallest absolute Gasteiger partial charge is 0.260 e. The number of nitrogens with zero attached hydrogens (tertiary/aromatic N) is 4. The van der Waals surface area contributed by atoms with E-state index in [1.165, 1.54) is 25.4 Å². The zero-order chi connectivity index (χ0) is 19.5. The molecule has 4 rings (SSSR count). The van der Waals surface area contributed by atoms with Crippen molar-refractivity contribution in [2.45, 2.75) is 0 Å². The minimum atomic E-state index is -0.525. The van der Waals surface area contributed by atoms with E-state index in [2.05, 4.69) is 20.3 Å². The highest BCUT2D eigenvalue weighted by molar-refractivity contribution is 6.08. The van der Waals surface area contributed by atoms with Crippen LogP contribution in [0.25, 0.3) is 5.65 Å². The first-order chi connectivity index (χ1) is 13.6. The number of carbonyl (C=O) groups excluding carboxylic acids is 1. The molecule has 28 heavy (non-hydrogen) atoms. The first-order valence-electron chi connectivity index (χ1n) is 8.20. The van der Waals surface area contributed by atoms with Gasteiger partial charge in [-0.15, -0.1) is 0 Å². The summed E-state index contributed by atoms with van der Waals surface area (Å²) in [6.07, 6.45) is 7.32. The quantitative estimate of drug-likeness (QED) is 0.572. The predicted molar refractivity (Wildman–Crippen MR) is 98.2 cm³/mol. The van der Waals surface area contributed by atoms with Crippen LogP contribution >= 0.6 is 0 Å².